The molecule has 0 aliphatic carbocycles. The Labute approximate surface area is 241 Å². The second-order valence-electron chi connectivity index (χ2n) is 8.62. The maximum atomic E-state index is 12.1. The quantitative estimate of drug-likeness (QED) is 0.164. The van der Waals surface area contributed by atoms with E-state index in [1.54, 1.807) is 48.6 Å². The molecule has 5 N–H and O–H groups in total. The molecule has 9 heteroatoms. The lowest BCUT2D eigenvalue weighted by Gasteiger charge is -2.02. The number of rotatable bonds is 5. The van der Waals surface area contributed by atoms with Crippen LogP contribution in [0.15, 0.2) is 110 Å². The number of hydrogen-bond donors (Lipinski definition) is 4. The zero-order valence-corrected chi connectivity index (χ0v) is 22.7. The van der Waals surface area contributed by atoms with E-state index in [1.165, 1.54) is 0 Å². The molecule has 0 spiro atoms. The van der Waals surface area contributed by atoms with E-state index < -0.39 is 5.24 Å². The van der Waals surface area contributed by atoms with E-state index in [1.807, 2.05) is 60.7 Å². The number of aromatic nitrogens is 4. The van der Waals surface area contributed by atoms with Crippen molar-refractivity contribution in [2.75, 3.05) is 11.1 Å². The number of halogens is 1. The number of amides is 1. The summed E-state index contributed by atoms with van der Waals surface area (Å²) in [6.45, 7) is 7.27. The molecule has 1 amide bonds. The number of imidazole rings is 2. The largest absolute Gasteiger partial charge is 0.369 e. The molecule has 41 heavy (non-hydrogen) atoms. The number of carbonyl (C=O) groups excluding carboxylic acids is 2. The summed E-state index contributed by atoms with van der Waals surface area (Å²) in [7, 11) is 0. The van der Waals surface area contributed by atoms with E-state index in [4.69, 9.17) is 17.3 Å². The standard InChI is InChI=1S/C16H13N3O.C9H7ClO.C7H7N3/c1-2-11-7-9-12(10-8-11)15(20)19-16-17-13-5-3-4-6-14(13)18-16;1-2-7-3-5-8(6-4-7)9(10)11;8-7-9-5-3-1-2-4-6(5)10-7/h2-10H,1H2,(H2,17,18,19,20);2-6H,1H2;1-4H,(H3,8,9,10). The molecule has 0 atom stereocenters. The van der Waals surface area contributed by atoms with Gasteiger partial charge in [-0.1, -0.05) is 73.8 Å². The highest BCUT2D eigenvalue weighted by molar-refractivity contribution is 6.67. The number of nitrogen functional groups attached to an aromatic ring is 1. The van der Waals surface area contributed by atoms with Crippen molar-refractivity contribution in [1.29, 1.82) is 0 Å². The Morgan fingerprint density at radius 3 is 1.68 bits per heavy atom. The first-order chi connectivity index (χ1) is 19.9. The average Bonchev–Trinajstić information content (AvgIpc) is 3.59. The number of hydrogen-bond acceptors (Lipinski definition) is 5. The van der Waals surface area contributed by atoms with Gasteiger partial charge in [-0.3, -0.25) is 14.9 Å². The molecule has 0 saturated carbocycles. The molecular weight excluding hydrogens is 536 g/mol. The highest BCUT2D eigenvalue weighted by Crippen LogP contribution is 2.15. The van der Waals surface area contributed by atoms with Crippen molar-refractivity contribution < 1.29 is 9.59 Å². The number of fused-ring (bicyclic) bond motifs is 2. The summed E-state index contributed by atoms with van der Waals surface area (Å²) in [5.41, 5.74) is 12.1. The van der Waals surface area contributed by atoms with Gasteiger partial charge in [-0.2, -0.15) is 0 Å². The van der Waals surface area contributed by atoms with Gasteiger partial charge in [0.2, 0.25) is 5.95 Å². The number of nitrogens with zero attached hydrogens (tertiary/aromatic N) is 2. The summed E-state index contributed by atoms with van der Waals surface area (Å²) in [5, 5.41) is 2.32. The Kier molecular flexibility index (Phi) is 9.43. The highest BCUT2D eigenvalue weighted by Gasteiger charge is 2.08. The van der Waals surface area contributed by atoms with Gasteiger partial charge in [0.15, 0.2) is 5.95 Å². The van der Waals surface area contributed by atoms with E-state index in [0.29, 0.717) is 23.0 Å². The summed E-state index contributed by atoms with van der Waals surface area (Å²) in [5.74, 6) is 0.727. The lowest BCUT2D eigenvalue weighted by molar-refractivity contribution is 0.102. The van der Waals surface area contributed by atoms with E-state index >= 15 is 0 Å². The van der Waals surface area contributed by atoms with Crippen molar-refractivity contribution in [3.05, 3.63) is 132 Å². The lowest BCUT2D eigenvalue weighted by Crippen LogP contribution is -2.12. The molecule has 0 aliphatic heterocycles. The number of H-pyrrole nitrogens is 2. The molecule has 204 valence electrons. The SMILES string of the molecule is C=Cc1ccc(C(=O)Cl)cc1.C=Cc1ccc(C(=O)Nc2nc3ccccc3[nH]2)cc1.Nc1nc2ccccc2[nH]1. The lowest BCUT2D eigenvalue weighted by atomic mass is 10.1. The van der Waals surface area contributed by atoms with E-state index in [0.717, 1.165) is 33.2 Å². The monoisotopic (exact) mass is 562 g/mol. The summed E-state index contributed by atoms with van der Waals surface area (Å²) < 4.78 is 0. The van der Waals surface area contributed by atoms with Gasteiger partial charge in [-0.25, -0.2) is 9.97 Å². The number of benzene rings is 4. The van der Waals surface area contributed by atoms with Gasteiger partial charge in [0.25, 0.3) is 11.1 Å². The van der Waals surface area contributed by atoms with Crippen LogP contribution in [0.4, 0.5) is 11.9 Å². The molecule has 6 aromatic rings. The van der Waals surface area contributed by atoms with Gasteiger partial charge in [-0.05, 0) is 71.3 Å². The van der Waals surface area contributed by atoms with Crippen molar-refractivity contribution >= 4 is 68.9 Å². The normalized spacial score (nSPS) is 10.1. The average molecular weight is 563 g/mol. The fourth-order valence-electron chi connectivity index (χ4n) is 3.69. The minimum atomic E-state index is -0.430. The first-order valence-corrected chi connectivity index (χ1v) is 12.8. The Hall–Kier alpha value is -5.47. The first kappa shape index (κ1) is 28.5. The third kappa shape index (κ3) is 7.78. The molecule has 2 heterocycles. The molecule has 8 nitrogen and oxygen atoms in total. The molecule has 0 bridgehead atoms. The number of para-hydroxylation sites is 4. The minimum Gasteiger partial charge on any atom is -0.369 e. The second kappa shape index (κ2) is 13.5. The zero-order valence-electron chi connectivity index (χ0n) is 22.0. The molecule has 4 aromatic carbocycles. The van der Waals surface area contributed by atoms with Crippen LogP contribution in [0.1, 0.15) is 31.8 Å². The summed E-state index contributed by atoms with van der Waals surface area (Å²) in [6.07, 6.45) is 3.45. The predicted octanol–water partition coefficient (Wildman–Crippen LogP) is 7.31. The molecule has 0 saturated heterocycles. The van der Waals surface area contributed by atoms with Gasteiger partial charge in [-0.15, -0.1) is 0 Å². The van der Waals surface area contributed by atoms with E-state index in [9.17, 15) is 9.59 Å². The summed E-state index contributed by atoms with van der Waals surface area (Å²) >= 11 is 5.23. The van der Waals surface area contributed by atoms with Crippen molar-refractivity contribution in [3.8, 4) is 0 Å². The maximum Gasteiger partial charge on any atom is 0.257 e. The van der Waals surface area contributed by atoms with E-state index in [2.05, 4.69) is 38.4 Å². The van der Waals surface area contributed by atoms with Gasteiger partial charge < -0.3 is 15.7 Å². The van der Waals surface area contributed by atoms with Crippen LogP contribution in [0, 0.1) is 0 Å². The predicted molar refractivity (Wildman–Crippen MR) is 168 cm³/mol. The van der Waals surface area contributed by atoms with Crippen molar-refractivity contribution in [2.45, 2.75) is 0 Å². The summed E-state index contributed by atoms with van der Waals surface area (Å²) in [4.78, 5) is 37.0. The Bertz CT molecular complexity index is 1740. The molecule has 0 aliphatic rings. The Balaban J connectivity index is 0.000000156. The fraction of sp³-hybridized carbons (Fsp3) is 0. The fourth-order valence-corrected chi connectivity index (χ4v) is 3.81. The van der Waals surface area contributed by atoms with Crippen LogP contribution in [-0.4, -0.2) is 31.1 Å². The topological polar surface area (TPSA) is 130 Å². The number of aromatic amines is 2. The van der Waals surface area contributed by atoms with Crippen LogP contribution in [0.2, 0.25) is 0 Å². The van der Waals surface area contributed by atoms with Crippen LogP contribution in [-0.2, 0) is 0 Å². The van der Waals surface area contributed by atoms with Crippen molar-refractivity contribution in [2.24, 2.45) is 0 Å². The molecular formula is C32H27ClN6O2. The zero-order chi connectivity index (χ0) is 29.2. The molecule has 0 unspecified atom stereocenters. The number of nitrogens with two attached hydrogens (primary N) is 1. The molecule has 2 aromatic heterocycles. The highest BCUT2D eigenvalue weighted by atomic mass is 35.5. The third-order valence-electron chi connectivity index (χ3n) is 5.81. The van der Waals surface area contributed by atoms with Crippen LogP contribution in [0.3, 0.4) is 0 Å². The number of nitrogens with one attached hydrogen (secondary N) is 3. The van der Waals surface area contributed by atoms with Crippen molar-refractivity contribution in [3.63, 3.8) is 0 Å². The van der Waals surface area contributed by atoms with Gasteiger partial charge in [0, 0.05) is 11.1 Å². The molecule has 0 fully saturated rings. The van der Waals surface area contributed by atoms with Crippen LogP contribution < -0.4 is 11.1 Å². The first-order valence-electron chi connectivity index (χ1n) is 12.5. The minimum absolute atomic E-state index is 0.195. The smallest absolute Gasteiger partial charge is 0.257 e. The maximum absolute atomic E-state index is 12.1. The summed E-state index contributed by atoms with van der Waals surface area (Å²) in [6, 6.07) is 29.5. The van der Waals surface area contributed by atoms with Gasteiger partial charge in [0.1, 0.15) is 0 Å². The molecule has 6 rings (SSSR count). The number of carbonyl (C=O) groups is 2. The number of anilines is 2. The second-order valence-corrected chi connectivity index (χ2v) is 8.97. The third-order valence-corrected chi connectivity index (χ3v) is 6.03. The van der Waals surface area contributed by atoms with E-state index in [-0.39, 0.29) is 5.91 Å². The van der Waals surface area contributed by atoms with Crippen LogP contribution in [0.25, 0.3) is 34.2 Å². The Morgan fingerprint density at radius 1 is 0.707 bits per heavy atom. The van der Waals surface area contributed by atoms with Crippen LogP contribution >= 0.6 is 11.6 Å². The van der Waals surface area contributed by atoms with Crippen LogP contribution in [0.5, 0.6) is 0 Å². The van der Waals surface area contributed by atoms with Gasteiger partial charge >= 0.3 is 0 Å². The van der Waals surface area contributed by atoms with Crippen molar-refractivity contribution in [1.82, 2.24) is 19.9 Å². The molecule has 0 radical (unpaired) electrons. The van der Waals surface area contributed by atoms with Gasteiger partial charge in [0.05, 0.1) is 22.1 Å². The Morgan fingerprint density at radius 2 is 1.20 bits per heavy atom.